The number of alkyl halides is 3. The van der Waals surface area contributed by atoms with Crippen LogP contribution in [0.15, 0.2) is 42.5 Å². The fraction of sp³-hybridized carbons (Fsp3) is 0.375. The molecule has 0 unspecified atom stereocenters. The molecule has 0 bridgehead atoms. The molecule has 0 atom stereocenters. The minimum atomic E-state index is -5.08. The summed E-state index contributed by atoms with van der Waals surface area (Å²) in [5.74, 6) is -5.27. The molecule has 2 aromatic rings. The summed E-state index contributed by atoms with van der Waals surface area (Å²) in [7, 11) is 0. The molecular weight excluding hydrogens is 489 g/mol. The van der Waals surface area contributed by atoms with Crippen molar-refractivity contribution in [3.8, 4) is 0 Å². The van der Waals surface area contributed by atoms with Crippen molar-refractivity contribution in [2.45, 2.75) is 26.1 Å². The lowest BCUT2D eigenvalue weighted by Crippen LogP contribution is -2.47. The van der Waals surface area contributed by atoms with Gasteiger partial charge in [-0.15, -0.1) is 0 Å². The van der Waals surface area contributed by atoms with Crippen molar-refractivity contribution < 1.29 is 41.4 Å². The minimum Gasteiger partial charge on any atom is -0.475 e. The van der Waals surface area contributed by atoms with Crippen LogP contribution in [0.1, 0.15) is 27.9 Å². The summed E-state index contributed by atoms with van der Waals surface area (Å²) in [5.41, 5.74) is 2.03. The minimum absolute atomic E-state index is 0.0150. The molecule has 7 nitrogen and oxygen atoms in total. The predicted octanol–water partition coefficient (Wildman–Crippen LogP) is 3.37. The van der Waals surface area contributed by atoms with Crippen LogP contribution in [0.4, 0.5) is 22.0 Å². The van der Waals surface area contributed by atoms with Gasteiger partial charge in [0.2, 0.25) is 5.91 Å². The van der Waals surface area contributed by atoms with Gasteiger partial charge in [0.25, 0.3) is 5.91 Å². The third kappa shape index (κ3) is 8.91. The summed E-state index contributed by atoms with van der Waals surface area (Å²) in [6, 6.07) is 10.8. The number of carboxylic acid groups (broad SMARTS) is 1. The lowest BCUT2D eigenvalue weighted by Gasteiger charge is -2.29. The molecule has 1 heterocycles. The normalized spacial score (nSPS) is 13.4. The first-order chi connectivity index (χ1) is 16.9. The second-order valence-corrected chi connectivity index (χ2v) is 8.03. The molecule has 1 aliphatic heterocycles. The molecular formula is C24H26F5N3O4. The van der Waals surface area contributed by atoms with Gasteiger partial charge in [-0.2, -0.15) is 13.2 Å². The molecule has 0 aliphatic carbocycles. The SMILES string of the molecule is Cc1cccc(CN(CCC(=O)N2CCNCC2)C(=O)c2ccc(F)c(F)c2)c1.O=C(O)C(F)(F)F. The average Bonchev–Trinajstić information content (AvgIpc) is 2.83. The summed E-state index contributed by atoms with van der Waals surface area (Å²) in [5, 5.41) is 10.3. The van der Waals surface area contributed by atoms with Crippen LogP contribution in [-0.4, -0.2) is 71.6 Å². The van der Waals surface area contributed by atoms with Crippen LogP contribution in [0.3, 0.4) is 0 Å². The quantitative estimate of drug-likeness (QED) is 0.576. The van der Waals surface area contributed by atoms with Gasteiger partial charge >= 0.3 is 12.1 Å². The average molecular weight is 515 g/mol. The van der Waals surface area contributed by atoms with Crippen LogP contribution in [0, 0.1) is 18.6 Å². The van der Waals surface area contributed by atoms with E-state index >= 15 is 0 Å². The highest BCUT2D eigenvalue weighted by atomic mass is 19.4. The van der Waals surface area contributed by atoms with Crippen LogP contribution in [-0.2, 0) is 16.1 Å². The molecule has 3 rings (SSSR count). The van der Waals surface area contributed by atoms with Crippen LogP contribution in [0.5, 0.6) is 0 Å². The van der Waals surface area contributed by atoms with Crippen LogP contribution in [0.25, 0.3) is 0 Å². The maximum absolute atomic E-state index is 13.6. The van der Waals surface area contributed by atoms with Gasteiger partial charge in [-0.3, -0.25) is 9.59 Å². The lowest BCUT2D eigenvalue weighted by atomic mass is 10.1. The standard InChI is InChI=1S/C22H25F2N3O2.C2HF3O2/c1-16-3-2-4-17(13-16)15-27(10-7-21(28)26-11-8-25-9-12-26)22(29)18-5-6-19(23)20(24)14-18;3-2(4,5)1(6)7/h2-6,13-14,25H,7-12,15H2,1H3;(H,6,7). The molecule has 1 fully saturated rings. The van der Waals surface area contributed by atoms with Gasteiger partial charge in [0, 0.05) is 51.3 Å². The van der Waals surface area contributed by atoms with E-state index in [1.54, 1.807) is 4.90 Å². The third-order valence-electron chi connectivity index (χ3n) is 5.22. The number of halogens is 5. The zero-order chi connectivity index (χ0) is 26.9. The highest BCUT2D eigenvalue weighted by Gasteiger charge is 2.38. The Bertz CT molecular complexity index is 1070. The van der Waals surface area contributed by atoms with Gasteiger partial charge in [0.05, 0.1) is 0 Å². The number of nitrogens with zero attached hydrogens (tertiary/aromatic N) is 2. The van der Waals surface area contributed by atoms with Crippen LogP contribution >= 0.6 is 0 Å². The maximum Gasteiger partial charge on any atom is 0.490 e. The Morgan fingerprint density at radius 3 is 2.22 bits per heavy atom. The number of rotatable bonds is 6. The predicted molar refractivity (Wildman–Crippen MR) is 120 cm³/mol. The number of nitrogens with one attached hydrogen (secondary N) is 1. The van der Waals surface area contributed by atoms with Crippen molar-refractivity contribution >= 4 is 17.8 Å². The summed E-state index contributed by atoms with van der Waals surface area (Å²) in [6.45, 7) is 5.25. The van der Waals surface area contributed by atoms with Crippen LogP contribution < -0.4 is 5.32 Å². The number of carbonyl (C=O) groups excluding carboxylic acids is 2. The van der Waals surface area contributed by atoms with Crippen molar-refractivity contribution in [3.05, 3.63) is 70.8 Å². The van der Waals surface area contributed by atoms with Gasteiger partial charge in [-0.25, -0.2) is 13.6 Å². The first kappa shape index (κ1) is 28.7. The topological polar surface area (TPSA) is 90.0 Å². The van der Waals surface area contributed by atoms with E-state index in [1.165, 1.54) is 11.0 Å². The summed E-state index contributed by atoms with van der Waals surface area (Å²) < 4.78 is 58.6. The van der Waals surface area contributed by atoms with E-state index in [0.29, 0.717) is 13.1 Å². The number of hydrogen-bond donors (Lipinski definition) is 2. The van der Waals surface area contributed by atoms with E-state index in [1.807, 2.05) is 31.2 Å². The van der Waals surface area contributed by atoms with Gasteiger partial charge in [-0.1, -0.05) is 29.8 Å². The van der Waals surface area contributed by atoms with E-state index in [-0.39, 0.29) is 31.0 Å². The van der Waals surface area contributed by atoms with Crippen LogP contribution in [0.2, 0.25) is 0 Å². The second-order valence-electron chi connectivity index (χ2n) is 8.03. The molecule has 196 valence electrons. The van der Waals surface area contributed by atoms with Crippen molar-refractivity contribution in [3.63, 3.8) is 0 Å². The van der Waals surface area contributed by atoms with Gasteiger partial charge in [0.1, 0.15) is 0 Å². The molecule has 0 spiro atoms. The Labute approximate surface area is 204 Å². The Kier molecular flexibility index (Phi) is 10.3. The number of benzene rings is 2. The number of amides is 2. The third-order valence-corrected chi connectivity index (χ3v) is 5.22. The van der Waals surface area contributed by atoms with Crippen molar-refractivity contribution in [1.82, 2.24) is 15.1 Å². The molecule has 2 N–H and O–H groups in total. The Balaban J connectivity index is 0.000000572. The highest BCUT2D eigenvalue weighted by Crippen LogP contribution is 2.16. The smallest absolute Gasteiger partial charge is 0.475 e. The molecule has 0 radical (unpaired) electrons. The van der Waals surface area contributed by atoms with Gasteiger partial charge in [0.15, 0.2) is 11.6 Å². The summed E-state index contributed by atoms with van der Waals surface area (Å²) >= 11 is 0. The molecule has 12 heteroatoms. The molecule has 2 aromatic carbocycles. The van der Waals surface area contributed by atoms with Crippen molar-refractivity contribution in [1.29, 1.82) is 0 Å². The molecule has 1 aliphatic rings. The maximum atomic E-state index is 13.6. The molecule has 1 saturated heterocycles. The molecule has 0 saturated carbocycles. The monoisotopic (exact) mass is 515 g/mol. The zero-order valence-electron chi connectivity index (χ0n) is 19.4. The van der Waals surface area contributed by atoms with E-state index in [9.17, 15) is 31.5 Å². The summed E-state index contributed by atoms with van der Waals surface area (Å²) in [6.07, 6.45) is -4.90. The number of piperazine rings is 1. The largest absolute Gasteiger partial charge is 0.490 e. The highest BCUT2D eigenvalue weighted by molar-refractivity contribution is 5.94. The lowest BCUT2D eigenvalue weighted by molar-refractivity contribution is -0.192. The van der Waals surface area contributed by atoms with Crippen molar-refractivity contribution in [2.75, 3.05) is 32.7 Å². The van der Waals surface area contributed by atoms with E-state index in [4.69, 9.17) is 9.90 Å². The first-order valence-corrected chi connectivity index (χ1v) is 11.0. The fourth-order valence-electron chi connectivity index (χ4n) is 3.40. The second kappa shape index (κ2) is 13.0. The summed E-state index contributed by atoms with van der Waals surface area (Å²) in [4.78, 5) is 37.7. The Morgan fingerprint density at radius 2 is 1.67 bits per heavy atom. The number of aryl methyl sites for hydroxylation is 1. The fourth-order valence-corrected chi connectivity index (χ4v) is 3.40. The van der Waals surface area contributed by atoms with Gasteiger partial charge in [-0.05, 0) is 30.7 Å². The molecule has 0 aromatic heterocycles. The van der Waals surface area contributed by atoms with E-state index in [2.05, 4.69) is 5.32 Å². The number of carbonyl (C=O) groups is 3. The molecule has 2 amide bonds. The first-order valence-electron chi connectivity index (χ1n) is 11.0. The van der Waals surface area contributed by atoms with Crippen molar-refractivity contribution in [2.24, 2.45) is 0 Å². The number of aliphatic carboxylic acids is 1. The number of carboxylic acids is 1. The zero-order valence-corrected chi connectivity index (χ0v) is 19.4. The van der Waals surface area contributed by atoms with E-state index < -0.39 is 29.7 Å². The Hall–Kier alpha value is -3.54. The Morgan fingerprint density at radius 1 is 1.03 bits per heavy atom. The number of hydrogen-bond acceptors (Lipinski definition) is 4. The molecule has 36 heavy (non-hydrogen) atoms. The van der Waals surface area contributed by atoms with Gasteiger partial charge < -0.3 is 20.2 Å². The van der Waals surface area contributed by atoms with E-state index in [0.717, 1.165) is 36.3 Å².